The third kappa shape index (κ3) is 3.03. The summed E-state index contributed by atoms with van der Waals surface area (Å²) in [6.45, 7) is 7.59. The van der Waals surface area contributed by atoms with Gasteiger partial charge in [0.1, 0.15) is 11.6 Å². The summed E-state index contributed by atoms with van der Waals surface area (Å²) in [6.07, 6.45) is 2.82. The van der Waals surface area contributed by atoms with E-state index in [0.717, 1.165) is 31.2 Å². The second kappa shape index (κ2) is 5.55. The zero-order valence-corrected chi connectivity index (χ0v) is 12.1. The van der Waals surface area contributed by atoms with Gasteiger partial charge in [0.15, 0.2) is 0 Å². The Morgan fingerprint density at radius 1 is 1.53 bits per heavy atom. The minimum absolute atomic E-state index is 0.123. The molecule has 1 aromatic heterocycles. The van der Waals surface area contributed by atoms with Crippen LogP contribution in [0.5, 0.6) is 0 Å². The first-order chi connectivity index (χ1) is 8.99. The van der Waals surface area contributed by atoms with Crippen LogP contribution in [0.2, 0.25) is 0 Å². The summed E-state index contributed by atoms with van der Waals surface area (Å²) in [5.41, 5.74) is 0. The first kappa shape index (κ1) is 13.8. The number of hydrogen-bond donors (Lipinski definition) is 0. The van der Waals surface area contributed by atoms with Crippen molar-refractivity contribution in [3.8, 4) is 0 Å². The maximum atomic E-state index is 11.4. The standard InChI is InChI=1S/C14H22N4O/c1-10(2)14-15-7-5-13(16-14)18-8-6-12(9-18)17(4)11(3)19/h5,7,10,12H,6,8-9H2,1-4H3. The molecule has 5 nitrogen and oxygen atoms in total. The van der Waals surface area contributed by atoms with Gasteiger partial charge in [-0.2, -0.15) is 0 Å². The molecule has 0 aromatic carbocycles. The monoisotopic (exact) mass is 262 g/mol. The van der Waals surface area contributed by atoms with E-state index in [0.29, 0.717) is 5.92 Å². The van der Waals surface area contributed by atoms with E-state index >= 15 is 0 Å². The van der Waals surface area contributed by atoms with Gasteiger partial charge in [0.25, 0.3) is 0 Å². The van der Waals surface area contributed by atoms with Crippen molar-refractivity contribution in [2.75, 3.05) is 25.0 Å². The zero-order chi connectivity index (χ0) is 14.0. The van der Waals surface area contributed by atoms with E-state index in [4.69, 9.17) is 0 Å². The largest absolute Gasteiger partial charge is 0.354 e. The van der Waals surface area contributed by atoms with E-state index in [1.54, 1.807) is 6.92 Å². The molecular formula is C14H22N4O. The van der Waals surface area contributed by atoms with Crippen LogP contribution in [0.3, 0.4) is 0 Å². The lowest BCUT2D eigenvalue weighted by Gasteiger charge is -2.24. The minimum Gasteiger partial charge on any atom is -0.354 e. The third-order valence-electron chi connectivity index (χ3n) is 3.71. The van der Waals surface area contributed by atoms with E-state index < -0.39 is 0 Å². The van der Waals surface area contributed by atoms with Crippen molar-refractivity contribution in [1.82, 2.24) is 14.9 Å². The summed E-state index contributed by atoms with van der Waals surface area (Å²) >= 11 is 0. The molecule has 1 fully saturated rings. The molecular weight excluding hydrogens is 240 g/mol. The lowest BCUT2D eigenvalue weighted by atomic mass is 10.2. The average molecular weight is 262 g/mol. The van der Waals surface area contributed by atoms with Crippen molar-refractivity contribution in [3.05, 3.63) is 18.1 Å². The van der Waals surface area contributed by atoms with Crippen molar-refractivity contribution in [2.45, 2.75) is 39.2 Å². The fourth-order valence-corrected chi connectivity index (χ4v) is 2.34. The number of amides is 1. The van der Waals surface area contributed by atoms with Gasteiger partial charge in [-0.25, -0.2) is 9.97 Å². The maximum absolute atomic E-state index is 11.4. The number of hydrogen-bond acceptors (Lipinski definition) is 4. The molecule has 0 spiro atoms. The van der Waals surface area contributed by atoms with Crippen molar-refractivity contribution < 1.29 is 4.79 Å². The van der Waals surface area contributed by atoms with E-state index in [1.807, 2.05) is 24.2 Å². The van der Waals surface area contributed by atoms with Gasteiger partial charge in [-0.3, -0.25) is 4.79 Å². The fraction of sp³-hybridized carbons (Fsp3) is 0.643. The van der Waals surface area contributed by atoms with Crippen molar-refractivity contribution >= 4 is 11.7 Å². The van der Waals surface area contributed by atoms with E-state index in [1.165, 1.54) is 0 Å². The maximum Gasteiger partial charge on any atom is 0.219 e. The molecule has 1 unspecified atom stereocenters. The highest BCUT2D eigenvalue weighted by Crippen LogP contribution is 2.21. The molecule has 0 bridgehead atoms. The third-order valence-corrected chi connectivity index (χ3v) is 3.71. The second-order valence-corrected chi connectivity index (χ2v) is 5.45. The molecule has 1 aliphatic heterocycles. The van der Waals surface area contributed by atoms with Crippen molar-refractivity contribution in [3.63, 3.8) is 0 Å². The molecule has 0 aliphatic carbocycles. The van der Waals surface area contributed by atoms with Crippen molar-refractivity contribution in [1.29, 1.82) is 0 Å². The molecule has 0 radical (unpaired) electrons. The summed E-state index contributed by atoms with van der Waals surface area (Å²) in [5.74, 6) is 2.30. The topological polar surface area (TPSA) is 49.3 Å². The summed E-state index contributed by atoms with van der Waals surface area (Å²) in [6, 6.07) is 2.23. The van der Waals surface area contributed by atoms with Gasteiger partial charge in [0.2, 0.25) is 5.91 Å². The van der Waals surface area contributed by atoms with Crippen LogP contribution < -0.4 is 4.90 Å². The second-order valence-electron chi connectivity index (χ2n) is 5.45. The van der Waals surface area contributed by atoms with Crippen LogP contribution in [0.15, 0.2) is 12.3 Å². The Labute approximate surface area is 114 Å². The molecule has 2 heterocycles. The zero-order valence-electron chi connectivity index (χ0n) is 12.1. The minimum atomic E-state index is 0.123. The molecule has 0 N–H and O–H groups in total. The number of carbonyl (C=O) groups excluding carboxylic acids is 1. The first-order valence-electron chi connectivity index (χ1n) is 6.80. The van der Waals surface area contributed by atoms with Crippen LogP contribution in [-0.4, -0.2) is 47.0 Å². The number of carbonyl (C=O) groups is 1. The Hall–Kier alpha value is -1.65. The highest BCUT2D eigenvalue weighted by molar-refractivity contribution is 5.73. The molecule has 5 heteroatoms. The van der Waals surface area contributed by atoms with Crippen LogP contribution in [0.4, 0.5) is 5.82 Å². The summed E-state index contributed by atoms with van der Waals surface area (Å²) < 4.78 is 0. The van der Waals surface area contributed by atoms with E-state index in [2.05, 4.69) is 28.7 Å². The normalized spacial score (nSPS) is 19.0. The van der Waals surface area contributed by atoms with Gasteiger partial charge in [0, 0.05) is 39.2 Å². The van der Waals surface area contributed by atoms with Crippen LogP contribution in [0, 0.1) is 0 Å². The number of anilines is 1. The molecule has 1 amide bonds. The van der Waals surface area contributed by atoms with Crippen molar-refractivity contribution in [2.24, 2.45) is 0 Å². The fourth-order valence-electron chi connectivity index (χ4n) is 2.34. The molecule has 0 saturated carbocycles. The van der Waals surface area contributed by atoms with E-state index in [9.17, 15) is 4.79 Å². The molecule has 19 heavy (non-hydrogen) atoms. The first-order valence-corrected chi connectivity index (χ1v) is 6.80. The van der Waals surface area contributed by atoms with Gasteiger partial charge < -0.3 is 9.80 Å². The Bertz CT molecular complexity index is 461. The lowest BCUT2D eigenvalue weighted by molar-refractivity contribution is -0.129. The molecule has 1 aliphatic rings. The molecule has 2 rings (SSSR count). The number of rotatable bonds is 3. The highest BCUT2D eigenvalue weighted by atomic mass is 16.2. The molecule has 1 saturated heterocycles. The number of likely N-dealkylation sites (N-methyl/N-ethyl adjacent to an activating group) is 1. The van der Waals surface area contributed by atoms with Gasteiger partial charge in [-0.1, -0.05) is 13.8 Å². The predicted octanol–water partition coefficient (Wildman–Crippen LogP) is 1.66. The summed E-state index contributed by atoms with van der Waals surface area (Å²) in [5, 5.41) is 0. The lowest BCUT2D eigenvalue weighted by Crippen LogP contribution is -2.37. The highest BCUT2D eigenvalue weighted by Gasteiger charge is 2.27. The quantitative estimate of drug-likeness (QED) is 0.831. The van der Waals surface area contributed by atoms with Crippen LogP contribution in [-0.2, 0) is 4.79 Å². The SMILES string of the molecule is CC(=O)N(C)C1CCN(c2ccnc(C(C)C)n2)C1. The Kier molecular flexibility index (Phi) is 4.02. The molecule has 1 atom stereocenters. The Morgan fingerprint density at radius 3 is 2.89 bits per heavy atom. The summed E-state index contributed by atoms with van der Waals surface area (Å²) in [4.78, 5) is 24.4. The van der Waals surface area contributed by atoms with Gasteiger partial charge in [-0.05, 0) is 12.5 Å². The number of nitrogens with zero attached hydrogens (tertiary/aromatic N) is 4. The smallest absolute Gasteiger partial charge is 0.219 e. The van der Waals surface area contributed by atoms with Gasteiger partial charge in [-0.15, -0.1) is 0 Å². The Balaban J connectivity index is 2.08. The van der Waals surface area contributed by atoms with Gasteiger partial charge in [0.05, 0.1) is 6.04 Å². The van der Waals surface area contributed by atoms with Crippen LogP contribution in [0.25, 0.3) is 0 Å². The van der Waals surface area contributed by atoms with Crippen LogP contribution in [0.1, 0.15) is 38.9 Å². The van der Waals surface area contributed by atoms with Gasteiger partial charge >= 0.3 is 0 Å². The molecule has 1 aromatic rings. The number of aromatic nitrogens is 2. The molecule has 104 valence electrons. The van der Waals surface area contributed by atoms with E-state index in [-0.39, 0.29) is 11.9 Å². The van der Waals surface area contributed by atoms with Crippen LogP contribution >= 0.6 is 0 Å². The predicted molar refractivity (Wildman–Crippen MR) is 75.2 cm³/mol. The summed E-state index contributed by atoms with van der Waals surface area (Å²) in [7, 11) is 1.87. The average Bonchev–Trinajstić information content (AvgIpc) is 2.87. The Morgan fingerprint density at radius 2 is 2.26 bits per heavy atom.